The van der Waals surface area contributed by atoms with Gasteiger partial charge in [0.25, 0.3) is 0 Å². The summed E-state index contributed by atoms with van der Waals surface area (Å²) < 4.78 is 1.92. The lowest BCUT2D eigenvalue weighted by atomic mass is 10.1. The number of rotatable bonds is 5. The minimum Gasteiger partial charge on any atom is -0.481 e. The maximum atomic E-state index is 10.6. The second kappa shape index (κ2) is 5.93. The molecule has 0 spiro atoms. The van der Waals surface area contributed by atoms with Gasteiger partial charge in [0.05, 0.1) is 5.75 Å². The van der Waals surface area contributed by atoms with E-state index in [1.807, 2.05) is 16.8 Å². The normalized spacial score (nSPS) is 10.6. The van der Waals surface area contributed by atoms with Crippen molar-refractivity contribution in [1.29, 1.82) is 0 Å². The van der Waals surface area contributed by atoms with Crippen molar-refractivity contribution in [3.63, 3.8) is 0 Å². The molecule has 0 fully saturated rings. The zero-order valence-corrected chi connectivity index (χ0v) is 11.8. The van der Waals surface area contributed by atoms with Gasteiger partial charge in [-0.3, -0.25) is 9.36 Å². The summed E-state index contributed by atoms with van der Waals surface area (Å²) >= 11 is 1.22. The molecule has 2 rings (SSSR count). The van der Waals surface area contributed by atoms with Crippen LogP contribution in [-0.4, -0.2) is 26.4 Å². The molecule has 0 aliphatic heterocycles. The zero-order valence-electron chi connectivity index (χ0n) is 11.0. The van der Waals surface area contributed by atoms with E-state index < -0.39 is 5.97 Å². The fourth-order valence-corrected chi connectivity index (χ4v) is 2.64. The van der Waals surface area contributed by atoms with E-state index in [1.165, 1.54) is 22.9 Å². The predicted octanol–water partition coefficient (Wildman–Crippen LogP) is 2.92. The Labute approximate surface area is 116 Å². The van der Waals surface area contributed by atoms with Crippen molar-refractivity contribution in [2.24, 2.45) is 0 Å². The lowest BCUT2D eigenvalue weighted by Gasteiger charge is -2.10. The van der Waals surface area contributed by atoms with Crippen molar-refractivity contribution in [3.8, 4) is 5.69 Å². The van der Waals surface area contributed by atoms with Gasteiger partial charge < -0.3 is 5.11 Å². The molecule has 100 valence electrons. The standard InChI is InChI=1S/C14H16N2O2S/c1-3-11-4-5-12(8-10(11)2)16-7-6-15-14(16)19-9-13(17)18/h4-8H,3,9H2,1-2H3,(H,17,18). The van der Waals surface area contributed by atoms with Crippen molar-refractivity contribution in [3.05, 3.63) is 41.7 Å². The number of benzene rings is 1. The SMILES string of the molecule is CCc1ccc(-n2ccnc2SCC(=O)O)cc1C. The lowest BCUT2D eigenvalue weighted by molar-refractivity contribution is -0.133. The van der Waals surface area contributed by atoms with Gasteiger partial charge in [-0.25, -0.2) is 4.98 Å². The van der Waals surface area contributed by atoms with Crippen molar-refractivity contribution < 1.29 is 9.90 Å². The lowest BCUT2D eigenvalue weighted by Crippen LogP contribution is -2.02. The third-order valence-corrected chi connectivity index (χ3v) is 3.87. The van der Waals surface area contributed by atoms with Gasteiger partial charge in [-0.05, 0) is 36.6 Å². The molecule has 2 aromatic rings. The number of hydrogen-bond acceptors (Lipinski definition) is 3. The molecular formula is C14H16N2O2S. The number of aryl methyl sites for hydroxylation is 2. The van der Waals surface area contributed by atoms with E-state index in [9.17, 15) is 4.79 Å². The van der Waals surface area contributed by atoms with E-state index in [-0.39, 0.29) is 5.75 Å². The van der Waals surface area contributed by atoms with Gasteiger partial charge in [-0.1, -0.05) is 24.8 Å². The molecule has 0 aliphatic carbocycles. The van der Waals surface area contributed by atoms with E-state index in [4.69, 9.17) is 5.11 Å². The summed E-state index contributed by atoms with van der Waals surface area (Å²) in [7, 11) is 0. The van der Waals surface area contributed by atoms with Gasteiger partial charge in [0, 0.05) is 18.1 Å². The van der Waals surface area contributed by atoms with Gasteiger partial charge in [-0.15, -0.1) is 0 Å². The molecule has 0 unspecified atom stereocenters. The molecule has 5 heteroatoms. The van der Waals surface area contributed by atoms with Crippen LogP contribution in [0.3, 0.4) is 0 Å². The van der Waals surface area contributed by atoms with Crippen LogP contribution in [0.15, 0.2) is 35.7 Å². The summed E-state index contributed by atoms with van der Waals surface area (Å²) in [5, 5.41) is 9.43. The van der Waals surface area contributed by atoms with Crippen molar-refractivity contribution >= 4 is 17.7 Å². The zero-order chi connectivity index (χ0) is 13.8. The number of aromatic nitrogens is 2. The van der Waals surface area contributed by atoms with Crippen LogP contribution < -0.4 is 0 Å². The maximum Gasteiger partial charge on any atom is 0.313 e. The second-order valence-corrected chi connectivity index (χ2v) is 5.17. The first kappa shape index (κ1) is 13.7. The van der Waals surface area contributed by atoms with Crippen molar-refractivity contribution in [2.75, 3.05) is 5.75 Å². The number of hydrogen-bond donors (Lipinski definition) is 1. The fourth-order valence-electron chi connectivity index (χ4n) is 1.95. The highest BCUT2D eigenvalue weighted by molar-refractivity contribution is 7.99. The quantitative estimate of drug-likeness (QED) is 0.853. The smallest absolute Gasteiger partial charge is 0.313 e. The molecule has 4 nitrogen and oxygen atoms in total. The van der Waals surface area contributed by atoms with E-state index in [2.05, 4.69) is 31.0 Å². The van der Waals surface area contributed by atoms with Gasteiger partial charge in [0.2, 0.25) is 0 Å². The van der Waals surface area contributed by atoms with Gasteiger partial charge in [0.15, 0.2) is 5.16 Å². The first-order valence-corrected chi connectivity index (χ1v) is 7.08. The van der Waals surface area contributed by atoms with Crippen LogP contribution >= 0.6 is 11.8 Å². The van der Waals surface area contributed by atoms with E-state index >= 15 is 0 Å². The Morgan fingerprint density at radius 1 is 1.47 bits per heavy atom. The summed E-state index contributed by atoms with van der Waals surface area (Å²) in [6.45, 7) is 4.22. The summed E-state index contributed by atoms with van der Waals surface area (Å²) in [6, 6.07) is 6.25. The topological polar surface area (TPSA) is 55.1 Å². The highest BCUT2D eigenvalue weighted by atomic mass is 32.2. The van der Waals surface area contributed by atoms with Crippen LogP contribution in [0.4, 0.5) is 0 Å². The van der Waals surface area contributed by atoms with Crippen LogP contribution in [-0.2, 0) is 11.2 Å². The van der Waals surface area contributed by atoms with E-state index in [1.54, 1.807) is 6.20 Å². The number of imidazole rings is 1. The van der Waals surface area contributed by atoms with Crippen molar-refractivity contribution in [1.82, 2.24) is 9.55 Å². The van der Waals surface area contributed by atoms with E-state index in [0.717, 1.165) is 12.1 Å². The molecule has 19 heavy (non-hydrogen) atoms. The number of carboxylic acids is 1. The molecule has 1 heterocycles. The van der Waals surface area contributed by atoms with Gasteiger partial charge in [-0.2, -0.15) is 0 Å². The Morgan fingerprint density at radius 3 is 2.89 bits per heavy atom. The van der Waals surface area contributed by atoms with Gasteiger partial charge >= 0.3 is 5.97 Å². The Balaban J connectivity index is 2.29. The van der Waals surface area contributed by atoms with E-state index in [0.29, 0.717) is 5.16 Å². The highest BCUT2D eigenvalue weighted by Gasteiger charge is 2.08. The van der Waals surface area contributed by atoms with Crippen molar-refractivity contribution in [2.45, 2.75) is 25.4 Å². The summed E-state index contributed by atoms with van der Waals surface area (Å²) in [5.74, 6) is -0.819. The van der Waals surface area contributed by atoms with Gasteiger partial charge in [0.1, 0.15) is 0 Å². The highest BCUT2D eigenvalue weighted by Crippen LogP contribution is 2.22. The molecule has 0 amide bonds. The van der Waals surface area contributed by atoms with Crippen LogP contribution in [0.5, 0.6) is 0 Å². The molecule has 0 bridgehead atoms. The Hall–Kier alpha value is -1.75. The molecule has 0 aliphatic rings. The van der Waals surface area contributed by atoms with Crippen LogP contribution in [0.1, 0.15) is 18.1 Å². The summed E-state index contributed by atoms with van der Waals surface area (Å²) in [6.07, 6.45) is 4.55. The summed E-state index contributed by atoms with van der Waals surface area (Å²) in [5.41, 5.74) is 3.58. The van der Waals surface area contributed by atoms with Crippen LogP contribution in [0.2, 0.25) is 0 Å². The molecule has 1 aromatic carbocycles. The Morgan fingerprint density at radius 2 is 2.26 bits per heavy atom. The number of nitrogens with zero attached hydrogens (tertiary/aromatic N) is 2. The molecule has 0 radical (unpaired) electrons. The Bertz CT molecular complexity index is 593. The average Bonchev–Trinajstić information content (AvgIpc) is 2.84. The Kier molecular flexibility index (Phi) is 4.27. The number of carboxylic acid groups (broad SMARTS) is 1. The maximum absolute atomic E-state index is 10.6. The largest absolute Gasteiger partial charge is 0.481 e. The minimum atomic E-state index is -0.836. The first-order chi connectivity index (χ1) is 9.11. The molecule has 0 atom stereocenters. The third kappa shape index (κ3) is 3.17. The fraction of sp³-hybridized carbons (Fsp3) is 0.286. The number of carbonyl (C=O) groups is 1. The first-order valence-electron chi connectivity index (χ1n) is 6.09. The van der Waals surface area contributed by atoms with Crippen LogP contribution in [0, 0.1) is 6.92 Å². The molecule has 0 saturated heterocycles. The molecular weight excluding hydrogens is 260 g/mol. The minimum absolute atomic E-state index is 0.0169. The van der Waals surface area contributed by atoms with Crippen LogP contribution in [0.25, 0.3) is 5.69 Å². The predicted molar refractivity (Wildman–Crippen MR) is 76.0 cm³/mol. The monoisotopic (exact) mass is 276 g/mol. The number of thioether (sulfide) groups is 1. The summed E-state index contributed by atoms with van der Waals surface area (Å²) in [4.78, 5) is 14.8. The average molecular weight is 276 g/mol. The third-order valence-electron chi connectivity index (χ3n) is 2.92. The molecule has 0 saturated carbocycles. The second-order valence-electron chi connectivity index (χ2n) is 4.23. The molecule has 1 N–H and O–H groups in total. The number of aliphatic carboxylic acids is 1. The molecule has 1 aromatic heterocycles.